The fourth-order valence-electron chi connectivity index (χ4n) is 2.04. The van der Waals surface area contributed by atoms with Gasteiger partial charge in [0.1, 0.15) is 11.6 Å². The fourth-order valence-corrected chi connectivity index (χ4v) is 2.93. The third-order valence-electron chi connectivity index (χ3n) is 3.30. The quantitative estimate of drug-likeness (QED) is 0.855. The molecule has 0 atom stereocenters. The lowest BCUT2D eigenvalue weighted by Crippen LogP contribution is -2.21. The van der Waals surface area contributed by atoms with E-state index in [1.165, 1.54) is 23.9 Å². The molecule has 1 aliphatic rings. The Balaban J connectivity index is 1.79. The normalized spacial score (nSPS) is 15.8. The van der Waals surface area contributed by atoms with Gasteiger partial charge < -0.3 is 10.0 Å². The van der Waals surface area contributed by atoms with E-state index < -0.39 is 0 Å². The Hall–Kier alpha value is -2.60. The molecular formula is C17H13FN2O2S. The topological polar surface area (TPSA) is 52.9 Å². The van der Waals surface area contributed by atoms with Gasteiger partial charge in [0.05, 0.1) is 4.91 Å². The van der Waals surface area contributed by atoms with E-state index in [4.69, 9.17) is 0 Å². The summed E-state index contributed by atoms with van der Waals surface area (Å²) in [4.78, 5) is 18.3. The first-order valence-corrected chi connectivity index (χ1v) is 7.65. The second-order valence-electron chi connectivity index (χ2n) is 4.94. The monoisotopic (exact) mass is 328 g/mol. The molecule has 0 aromatic heterocycles. The van der Waals surface area contributed by atoms with Crippen molar-refractivity contribution in [1.29, 1.82) is 0 Å². The number of hydrogen-bond donors (Lipinski definition) is 1. The molecule has 4 nitrogen and oxygen atoms in total. The Morgan fingerprint density at radius 3 is 2.43 bits per heavy atom. The van der Waals surface area contributed by atoms with E-state index in [1.807, 2.05) is 0 Å². The highest BCUT2D eigenvalue weighted by atomic mass is 32.2. The number of phenolic OH excluding ortho intramolecular Hbond substituents is 1. The highest BCUT2D eigenvalue weighted by Gasteiger charge is 2.25. The summed E-state index contributed by atoms with van der Waals surface area (Å²) in [7, 11) is 1.80. The van der Waals surface area contributed by atoms with Crippen LogP contribution in [0, 0.1) is 5.82 Å². The van der Waals surface area contributed by atoms with E-state index in [2.05, 4.69) is 4.99 Å². The minimum Gasteiger partial charge on any atom is -0.508 e. The van der Waals surface area contributed by atoms with Crippen molar-refractivity contribution in [1.82, 2.24) is 0 Å². The number of phenols is 1. The van der Waals surface area contributed by atoms with Gasteiger partial charge in [-0.2, -0.15) is 4.99 Å². The van der Waals surface area contributed by atoms with E-state index in [9.17, 15) is 14.3 Å². The number of benzene rings is 2. The molecule has 23 heavy (non-hydrogen) atoms. The molecule has 0 spiro atoms. The summed E-state index contributed by atoms with van der Waals surface area (Å²) >= 11 is 1.26. The fraction of sp³-hybridized carbons (Fsp3) is 0.0588. The van der Waals surface area contributed by atoms with Gasteiger partial charge in [0.15, 0.2) is 5.17 Å². The number of halogens is 1. The third kappa shape index (κ3) is 3.43. The summed E-state index contributed by atoms with van der Waals surface area (Å²) in [6.45, 7) is 0. The Kier molecular flexibility index (Phi) is 4.16. The number of carbonyl (C=O) groups excluding carboxylic acids is 1. The highest BCUT2D eigenvalue weighted by molar-refractivity contribution is 8.18. The summed E-state index contributed by atoms with van der Waals surface area (Å²) in [5.74, 6) is -0.461. The summed E-state index contributed by atoms with van der Waals surface area (Å²) in [6, 6.07) is 12.5. The van der Waals surface area contributed by atoms with Crippen LogP contribution in [0.25, 0.3) is 6.08 Å². The van der Waals surface area contributed by atoms with Crippen LogP contribution in [0.4, 0.5) is 10.1 Å². The molecule has 0 saturated carbocycles. The Morgan fingerprint density at radius 2 is 1.78 bits per heavy atom. The van der Waals surface area contributed by atoms with Crippen LogP contribution in [-0.2, 0) is 4.79 Å². The van der Waals surface area contributed by atoms with Gasteiger partial charge in [-0.1, -0.05) is 12.1 Å². The lowest BCUT2D eigenvalue weighted by molar-refractivity contribution is -0.113. The molecule has 1 aliphatic heterocycles. The lowest BCUT2D eigenvalue weighted by atomic mass is 10.2. The van der Waals surface area contributed by atoms with E-state index in [0.717, 1.165) is 11.3 Å². The Bertz CT molecular complexity index is 798. The van der Waals surface area contributed by atoms with Gasteiger partial charge in [-0.25, -0.2) is 4.39 Å². The molecule has 1 amide bonds. The minimum absolute atomic E-state index is 0.177. The van der Waals surface area contributed by atoms with E-state index >= 15 is 0 Å². The smallest absolute Gasteiger partial charge is 0.286 e. The lowest BCUT2D eigenvalue weighted by Gasteiger charge is -2.17. The van der Waals surface area contributed by atoms with Crippen LogP contribution in [0.15, 0.2) is 58.4 Å². The molecule has 0 saturated heterocycles. The van der Waals surface area contributed by atoms with Crippen molar-refractivity contribution in [3.8, 4) is 5.75 Å². The van der Waals surface area contributed by atoms with Crippen LogP contribution in [0.3, 0.4) is 0 Å². The van der Waals surface area contributed by atoms with Crippen molar-refractivity contribution >= 4 is 34.6 Å². The molecule has 0 unspecified atom stereocenters. The van der Waals surface area contributed by atoms with Crippen LogP contribution in [0.2, 0.25) is 0 Å². The molecule has 0 bridgehead atoms. The molecule has 2 aromatic rings. The molecular weight excluding hydrogens is 315 g/mol. The molecule has 3 rings (SSSR count). The number of thioether (sulfide) groups is 1. The number of aromatic hydroxyl groups is 1. The summed E-state index contributed by atoms with van der Waals surface area (Å²) in [6.07, 6.45) is 1.69. The van der Waals surface area contributed by atoms with Crippen LogP contribution in [0.5, 0.6) is 5.75 Å². The van der Waals surface area contributed by atoms with Gasteiger partial charge in [-0.3, -0.25) is 4.79 Å². The first-order valence-electron chi connectivity index (χ1n) is 6.84. The van der Waals surface area contributed by atoms with Gasteiger partial charge in [0, 0.05) is 12.7 Å². The van der Waals surface area contributed by atoms with Crippen LogP contribution in [-0.4, -0.2) is 23.2 Å². The molecule has 2 aromatic carbocycles. The largest absolute Gasteiger partial charge is 0.508 e. The van der Waals surface area contributed by atoms with Crippen LogP contribution < -0.4 is 4.90 Å². The van der Waals surface area contributed by atoms with Crippen molar-refractivity contribution in [3.05, 3.63) is 64.8 Å². The average molecular weight is 328 g/mol. The second-order valence-corrected chi connectivity index (χ2v) is 5.95. The van der Waals surface area contributed by atoms with Gasteiger partial charge >= 0.3 is 0 Å². The average Bonchev–Trinajstić information content (AvgIpc) is 2.91. The Morgan fingerprint density at radius 1 is 1.13 bits per heavy atom. The second kappa shape index (κ2) is 6.26. The highest BCUT2D eigenvalue weighted by Crippen LogP contribution is 2.32. The van der Waals surface area contributed by atoms with E-state index in [1.54, 1.807) is 54.4 Å². The molecule has 1 heterocycles. The van der Waals surface area contributed by atoms with Crippen molar-refractivity contribution in [2.75, 3.05) is 11.9 Å². The molecule has 0 aliphatic carbocycles. The van der Waals surface area contributed by atoms with Crippen LogP contribution in [0.1, 0.15) is 5.56 Å². The number of carbonyl (C=O) groups is 1. The molecule has 1 N–H and O–H groups in total. The maximum absolute atomic E-state index is 12.9. The first kappa shape index (κ1) is 15.3. The van der Waals surface area contributed by atoms with Gasteiger partial charge in [-0.05, 0) is 59.8 Å². The number of anilines is 1. The standard InChI is InChI=1S/C17H13FN2O2S/c1-20(13-6-8-14(21)9-7-13)17-19-16(22)15(23-17)10-11-2-4-12(18)5-3-11/h2-10,21H,1H3/b15-10-. The molecule has 116 valence electrons. The van der Waals surface area contributed by atoms with E-state index in [0.29, 0.717) is 10.1 Å². The zero-order valence-electron chi connectivity index (χ0n) is 12.2. The zero-order chi connectivity index (χ0) is 16.4. The number of aliphatic imine (C=N–C) groups is 1. The maximum Gasteiger partial charge on any atom is 0.286 e. The van der Waals surface area contributed by atoms with Gasteiger partial charge in [0.2, 0.25) is 0 Å². The number of rotatable bonds is 2. The van der Waals surface area contributed by atoms with E-state index in [-0.39, 0.29) is 17.5 Å². The molecule has 6 heteroatoms. The van der Waals surface area contributed by atoms with Gasteiger partial charge in [-0.15, -0.1) is 0 Å². The van der Waals surface area contributed by atoms with Gasteiger partial charge in [0.25, 0.3) is 5.91 Å². The summed E-state index contributed by atoms with van der Waals surface area (Å²) in [5, 5.41) is 9.88. The Labute approximate surface area is 137 Å². The predicted molar refractivity (Wildman–Crippen MR) is 90.9 cm³/mol. The van der Waals surface area contributed by atoms with Crippen molar-refractivity contribution in [2.24, 2.45) is 4.99 Å². The third-order valence-corrected chi connectivity index (χ3v) is 4.36. The van der Waals surface area contributed by atoms with Crippen molar-refractivity contribution < 1.29 is 14.3 Å². The number of amides is 1. The minimum atomic E-state index is -0.319. The van der Waals surface area contributed by atoms with Crippen molar-refractivity contribution in [2.45, 2.75) is 0 Å². The molecule has 0 fully saturated rings. The first-order chi connectivity index (χ1) is 11.0. The van der Waals surface area contributed by atoms with Crippen molar-refractivity contribution in [3.63, 3.8) is 0 Å². The molecule has 0 radical (unpaired) electrons. The number of nitrogens with zero attached hydrogens (tertiary/aromatic N) is 2. The summed E-state index contributed by atoms with van der Waals surface area (Å²) < 4.78 is 12.9. The number of hydrogen-bond acceptors (Lipinski definition) is 4. The SMILES string of the molecule is CN(C1=NC(=O)/C(=C/c2ccc(F)cc2)S1)c1ccc(O)cc1. The summed E-state index contributed by atoms with van der Waals surface area (Å²) in [5.41, 5.74) is 1.55. The van der Waals surface area contributed by atoms with Crippen LogP contribution >= 0.6 is 11.8 Å². The maximum atomic E-state index is 12.9. The predicted octanol–water partition coefficient (Wildman–Crippen LogP) is 3.64. The number of amidine groups is 1. The zero-order valence-corrected chi connectivity index (χ0v) is 13.0.